The van der Waals surface area contributed by atoms with E-state index in [0.717, 1.165) is 0 Å². The van der Waals surface area contributed by atoms with Crippen LogP contribution in [0.3, 0.4) is 0 Å². The monoisotopic (exact) mass is 194 g/mol. The Morgan fingerprint density at radius 1 is 1.25 bits per heavy atom. The standard InChI is InChI=1S/C7H8O3S.Na/c1-6-4-2-3-5-7(6)11(8,9)10;/h2-5H,1H3,(H,8,9,10);/q;+1/p-1. The molecular weight excluding hydrogens is 187 g/mol. The second-order valence-electron chi connectivity index (χ2n) is 2.22. The summed E-state index contributed by atoms with van der Waals surface area (Å²) < 4.78 is 31.5. The average molecular weight is 194 g/mol. The van der Waals surface area contributed by atoms with Gasteiger partial charge in [-0.2, -0.15) is 0 Å². The summed E-state index contributed by atoms with van der Waals surface area (Å²) in [6, 6.07) is 6.10. The smallest absolute Gasteiger partial charge is 0.744 e. The van der Waals surface area contributed by atoms with Crippen LogP contribution in [-0.2, 0) is 10.1 Å². The van der Waals surface area contributed by atoms with Gasteiger partial charge in [0.1, 0.15) is 10.1 Å². The molecule has 1 rings (SSSR count). The summed E-state index contributed by atoms with van der Waals surface area (Å²) in [5.41, 5.74) is 0.488. The number of hydrogen-bond donors (Lipinski definition) is 0. The zero-order valence-electron chi connectivity index (χ0n) is 6.94. The SMILES string of the molecule is Cc1ccccc1S(=O)(=O)[O-].[Na+]. The van der Waals surface area contributed by atoms with E-state index in [-0.39, 0.29) is 34.5 Å². The maximum atomic E-state index is 10.5. The van der Waals surface area contributed by atoms with Gasteiger partial charge in [0.05, 0.1) is 4.90 Å². The number of aryl methyl sites for hydroxylation is 1. The predicted molar refractivity (Wildman–Crippen MR) is 39.1 cm³/mol. The van der Waals surface area contributed by atoms with Gasteiger partial charge < -0.3 is 4.55 Å². The van der Waals surface area contributed by atoms with Gasteiger partial charge in [0.25, 0.3) is 0 Å². The molecule has 5 heteroatoms. The first kappa shape index (κ1) is 12.1. The minimum absolute atomic E-state index is 0. The fourth-order valence-corrected chi connectivity index (χ4v) is 1.54. The van der Waals surface area contributed by atoms with Crippen molar-refractivity contribution in [3.8, 4) is 0 Å². The van der Waals surface area contributed by atoms with Crippen molar-refractivity contribution in [1.29, 1.82) is 0 Å². The van der Waals surface area contributed by atoms with Crippen LogP contribution in [0.25, 0.3) is 0 Å². The first-order valence-corrected chi connectivity index (χ1v) is 4.44. The van der Waals surface area contributed by atoms with E-state index in [0.29, 0.717) is 5.56 Å². The van der Waals surface area contributed by atoms with E-state index in [1.54, 1.807) is 19.1 Å². The van der Waals surface area contributed by atoms with Gasteiger partial charge in [0.2, 0.25) is 0 Å². The summed E-state index contributed by atoms with van der Waals surface area (Å²) in [6.45, 7) is 1.59. The van der Waals surface area contributed by atoms with E-state index in [2.05, 4.69) is 0 Å². The van der Waals surface area contributed by atoms with Gasteiger partial charge in [-0.05, 0) is 18.6 Å². The Bertz CT molecular complexity index is 359. The Morgan fingerprint density at radius 3 is 2.08 bits per heavy atom. The molecule has 0 atom stereocenters. The van der Waals surface area contributed by atoms with Crippen LogP contribution in [0.1, 0.15) is 5.56 Å². The van der Waals surface area contributed by atoms with Crippen LogP contribution in [0.5, 0.6) is 0 Å². The van der Waals surface area contributed by atoms with Crippen molar-refractivity contribution < 1.29 is 42.5 Å². The normalized spacial score (nSPS) is 10.5. The topological polar surface area (TPSA) is 57.2 Å². The molecule has 0 fully saturated rings. The van der Waals surface area contributed by atoms with Crippen molar-refractivity contribution in [3.63, 3.8) is 0 Å². The van der Waals surface area contributed by atoms with E-state index in [1.165, 1.54) is 12.1 Å². The van der Waals surface area contributed by atoms with E-state index in [1.807, 2.05) is 0 Å². The fraction of sp³-hybridized carbons (Fsp3) is 0.143. The van der Waals surface area contributed by atoms with E-state index in [9.17, 15) is 13.0 Å². The summed E-state index contributed by atoms with van der Waals surface area (Å²) in [5.74, 6) is 0. The Hall–Kier alpha value is 0.130. The summed E-state index contributed by atoms with van der Waals surface area (Å²) in [7, 11) is -4.28. The first-order chi connectivity index (χ1) is 5.02. The second kappa shape index (κ2) is 4.39. The molecule has 60 valence electrons. The van der Waals surface area contributed by atoms with Gasteiger partial charge in [-0.1, -0.05) is 18.2 Å². The molecule has 0 aliphatic carbocycles. The molecule has 0 spiro atoms. The van der Waals surface area contributed by atoms with Crippen molar-refractivity contribution in [3.05, 3.63) is 29.8 Å². The molecule has 0 aliphatic rings. The minimum Gasteiger partial charge on any atom is -0.744 e. The van der Waals surface area contributed by atoms with Crippen molar-refractivity contribution in [1.82, 2.24) is 0 Å². The third-order valence-electron chi connectivity index (χ3n) is 1.36. The van der Waals surface area contributed by atoms with Gasteiger partial charge in [-0.25, -0.2) is 8.42 Å². The molecule has 0 aliphatic heterocycles. The molecule has 0 amide bonds. The first-order valence-electron chi connectivity index (χ1n) is 3.03. The summed E-state index contributed by atoms with van der Waals surface area (Å²) >= 11 is 0. The molecular formula is C7H7NaO3S. The molecule has 0 unspecified atom stereocenters. The van der Waals surface area contributed by atoms with Gasteiger partial charge in [-0.15, -0.1) is 0 Å². The Labute approximate surface area is 93.8 Å². The molecule has 0 N–H and O–H groups in total. The Kier molecular flexibility index (Phi) is 4.44. The molecule has 0 radical (unpaired) electrons. The van der Waals surface area contributed by atoms with Crippen LogP contribution in [0.2, 0.25) is 0 Å². The van der Waals surface area contributed by atoms with Crippen LogP contribution >= 0.6 is 0 Å². The largest absolute Gasteiger partial charge is 1.00 e. The van der Waals surface area contributed by atoms with Crippen LogP contribution in [0.4, 0.5) is 0 Å². The average Bonchev–Trinajstić information content (AvgIpc) is 1.86. The zero-order chi connectivity index (χ0) is 8.48. The Morgan fingerprint density at radius 2 is 1.75 bits per heavy atom. The molecule has 1 aromatic rings. The fourth-order valence-electron chi connectivity index (χ4n) is 0.837. The number of rotatable bonds is 1. The molecule has 0 bridgehead atoms. The number of benzene rings is 1. The third-order valence-corrected chi connectivity index (χ3v) is 2.36. The minimum atomic E-state index is -4.28. The summed E-state index contributed by atoms with van der Waals surface area (Å²) in [5, 5.41) is 0. The van der Waals surface area contributed by atoms with Gasteiger partial charge in [0.15, 0.2) is 0 Å². The van der Waals surface area contributed by atoms with E-state index in [4.69, 9.17) is 0 Å². The molecule has 0 aromatic heterocycles. The van der Waals surface area contributed by atoms with Crippen LogP contribution in [-0.4, -0.2) is 13.0 Å². The zero-order valence-corrected chi connectivity index (χ0v) is 9.76. The predicted octanol–water partition coefficient (Wildman–Crippen LogP) is -2.10. The Balaban J connectivity index is 0.00000121. The molecule has 0 saturated heterocycles. The number of hydrogen-bond acceptors (Lipinski definition) is 3. The van der Waals surface area contributed by atoms with E-state index < -0.39 is 10.1 Å². The quantitative estimate of drug-likeness (QED) is 0.380. The maximum absolute atomic E-state index is 10.5. The van der Waals surface area contributed by atoms with Crippen molar-refractivity contribution in [2.24, 2.45) is 0 Å². The van der Waals surface area contributed by atoms with Gasteiger partial charge in [-0.3, -0.25) is 0 Å². The van der Waals surface area contributed by atoms with Crippen molar-refractivity contribution >= 4 is 10.1 Å². The van der Waals surface area contributed by atoms with Crippen LogP contribution in [0.15, 0.2) is 29.2 Å². The van der Waals surface area contributed by atoms with Gasteiger partial charge >= 0.3 is 29.6 Å². The van der Waals surface area contributed by atoms with Crippen molar-refractivity contribution in [2.45, 2.75) is 11.8 Å². The van der Waals surface area contributed by atoms with E-state index >= 15 is 0 Å². The van der Waals surface area contributed by atoms with Gasteiger partial charge in [0, 0.05) is 0 Å². The molecule has 1 aromatic carbocycles. The van der Waals surface area contributed by atoms with Crippen LogP contribution in [0, 0.1) is 6.92 Å². The maximum Gasteiger partial charge on any atom is 1.00 e. The summed E-state index contributed by atoms with van der Waals surface area (Å²) in [4.78, 5) is -0.139. The summed E-state index contributed by atoms with van der Waals surface area (Å²) in [6.07, 6.45) is 0. The molecule has 0 heterocycles. The van der Waals surface area contributed by atoms with Crippen molar-refractivity contribution in [2.75, 3.05) is 0 Å². The molecule has 12 heavy (non-hydrogen) atoms. The van der Waals surface area contributed by atoms with Crippen LogP contribution < -0.4 is 29.6 Å². The molecule has 3 nitrogen and oxygen atoms in total. The molecule has 0 saturated carbocycles. The third kappa shape index (κ3) is 2.88. The second-order valence-corrected chi connectivity index (χ2v) is 3.57.